The molecule has 6 nitrogen and oxygen atoms in total. The van der Waals surface area contributed by atoms with E-state index in [2.05, 4.69) is 55.9 Å². The molecule has 0 spiro atoms. The monoisotopic (exact) mass is 458 g/mol. The maximum absolute atomic E-state index is 10.9. The Hall–Kier alpha value is -3.32. The van der Waals surface area contributed by atoms with Crippen molar-refractivity contribution in [2.75, 3.05) is 0 Å². The molecule has 1 fully saturated rings. The van der Waals surface area contributed by atoms with Crippen LogP contribution in [0.25, 0.3) is 22.6 Å². The number of nitrogens with zero attached hydrogens (tertiary/aromatic N) is 3. The quantitative estimate of drug-likeness (QED) is 0.358. The minimum atomic E-state index is -0.678. The number of H-pyrrole nitrogens is 1. The highest BCUT2D eigenvalue weighted by Gasteiger charge is 2.24. The second-order valence-corrected chi connectivity index (χ2v) is 9.76. The van der Waals surface area contributed by atoms with E-state index in [0.717, 1.165) is 54.7 Å². The molecule has 5 rings (SSSR count). The molecule has 0 aliphatic heterocycles. The van der Waals surface area contributed by atoms with Crippen LogP contribution >= 0.6 is 11.3 Å². The molecule has 0 amide bonds. The van der Waals surface area contributed by atoms with Gasteiger partial charge in [0.25, 0.3) is 0 Å². The van der Waals surface area contributed by atoms with Crippen molar-refractivity contribution < 1.29 is 9.90 Å². The van der Waals surface area contributed by atoms with Gasteiger partial charge in [-0.15, -0.1) is 11.3 Å². The number of aromatic amines is 1. The highest BCUT2D eigenvalue weighted by atomic mass is 32.1. The van der Waals surface area contributed by atoms with Gasteiger partial charge in [-0.3, -0.25) is 14.9 Å². The Morgan fingerprint density at radius 3 is 2.48 bits per heavy atom. The smallest absolute Gasteiger partial charge is 0.303 e. The zero-order valence-electron chi connectivity index (χ0n) is 18.3. The van der Waals surface area contributed by atoms with E-state index in [-0.39, 0.29) is 0 Å². The normalized spacial score (nSPS) is 18.3. The number of carboxylic acids is 1. The SMILES string of the molecule is O=C(O)CC1CCC(c2ccc(-c3ccc(-c4n[nH]c(Cc5cccs5)n4)cn3)cc2)CC1. The Kier molecular flexibility index (Phi) is 6.30. The van der Waals surface area contributed by atoms with Gasteiger partial charge in [0, 0.05) is 35.0 Å². The summed E-state index contributed by atoms with van der Waals surface area (Å²) in [6, 6.07) is 16.8. The molecule has 1 aliphatic rings. The van der Waals surface area contributed by atoms with Crippen LogP contribution in [0.15, 0.2) is 60.1 Å². The lowest BCUT2D eigenvalue weighted by atomic mass is 9.77. The molecule has 3 heterocycles. The third-order valence-electron chi connectivity index (χ3n) is 6.46. The summed E-state index contributed by atoms with van der Waals surface area (Å²) >= 11 is 1.71. The van der Waals surface area contributed by atoms with Crippen molar-refractivity contribution in [2.45, 2.75) is 44.4 Å². The van der Waals surface area contributed by atoms with E-state index in [4.69, 9.17) is 5.11 Å². The van der Waals surface area contributed by atoms with E-state index in [1.165, 1.54) is 10.4 Å². The number of hydrogen-bond acceptors (Lipinski definition) is 5. The van der Waals surface area contributed by atoms with Crippen LogP contribution in [0.4, 0.5) is 0 Å². The Labute approximate surface area is 196 Å². The van der Waals surface area contributed by atoms with Crippen LogP contribution in [0.2, 0.25) is 0 Å². The fourth-order valence-electron chi connectivity index (χ4n) is 4.65. The number of aliphatic carboxylic acids is 1. The van der Waals surface area contributed by atoms with Crippen molar-refractivity contribution in [2.24, 2.45) is 5.92 Å². The average Bonchev–Trinajstić information content (AvgIpc) is 3.52. The Morgan fingerprint density at radius 2 is 1.82 bits per heavy atom. The van der Waals surface area contributed by atoms with E-state index in [1.54, 1.807) is 11.3 Å². The van der Waals surface area contributed by atoms with Gasteiger partial charge in [-0.2, -0.15) is 5.10 Å². The molecule has 0 atom stereocenters. The summed E-state index contributed by atoms with van der Waals surface area (Å²) in [6.07, 6.45) is 7.01. The second kappa shape index (κ2) is 9.67. The molecule has 33 heavy (non-hydrogen) atoms. The first-order chi connectivity index (χ1) is 16.1. The molecule has 0 saturated heterocycles. The van der Waals surface area contributed by atoms with E-state index in [9.17, 15) is 4.79 Å². The zero-order chi connectivity index (χ0) is 22.6. The lowest BCUT2D eigenvalue weighted by molar-refractivity contribution is -0.138. The van der Waals surface area contributed by atoms with Gasteiger partial charge in [-0.1, -0.05) is 30.3 Å². The summed E-state index contributed by atoms with van der Waals surface area (Å²) in [4.78, 5) is 21.4. The first kappa shape index (κ1) is 21.5. The van der Waals surface area contributed by atoms with E-state index < -0.39 is 5.97 Å². The van der Waals surface area contributed by atoms with Crippen LogP contribution in [-0.4, -0.2) is 31.2 Å². The van der Waals surface area contributed by atoms with Crippen LogP contribution < -0.4 is 0 Å². The van der Waals surface area contributed by atoms with E-state index >= 15 is 0 Å². The van der Waals surface area contributed by atoms with Crippen molar-refractivity contribution >= 4 is 17.3 Å². The predicted molar refractivity (Wildman–Crippen MR) is 129 cm³/mol. The van der Waals surface area contributed by atoms with Crippen LogP contribution in [0.1, 0.15) is 54.3 Å². The summed E-state index contributed by atoms with van der Waals surface area (Å²) < 4.78 is 0. The topological polar surface area (TPSA) is 91.8 Å². The van der Waals surface area contributed by atoms with Crippen LogP contribution in [0, 0.1) is 5.92 Å². The van der Waals surface area contributed by atoms with E-state index in [1.807, 2.05) is 24.4 Å². The fourth-order valence-corrected chi connectivity index (χ4v) is 5.36. The minimum absolute atomic E-state index is 0.303. The molecule has 0 unspecified atom stereocenters. The van der Waals surface area contributed by atoms with Gasteiger partial charge in [0.1, 0.15) is 5.82 Å². The number of carboxylic acid groups (broad SMARTS) is 1. The van der Waals surface area contributed by atoms with Gasteiger partial charge in [0.2, 0.25) is 0 Å². The number of aromatic nitrogens is 4. The number of carbonyl (C=O) groups is 1. The van der Waals surface area contributed by atoms with Gasteiger partial charge >= 0.3 is 5.97 Å². The highest BCUT2D eigenvalue weighted by molar-refractivity contribution is 7.09. The predicted octanol–water partition coefficient (Wildman–Crippen LogP) is 5.93. The summed E-state index contributed by atoms with van der Waals surface area (Å²) in [7, 11) is 0. The first-order valence-electron chi connectivity index (χ1n) is 11.4. The fraction of sp³-hybridized carbons (Fsp3) is 0.308. The number of thiophene rings is 1. The number of rotatable bonds is 7. The Balaban J connectivity index is 1.22. The summed E-state index contributed by atoms with van der Waals surface area (Å²) in [5.74, 6) is 1.69. The lowest BCUT2D eigenvalue weighted by Crippen LogP contribution is -2.16. The average molecular weight is 459 g/mol. The Bertz CT molecular complexity index is 1190. The lowest BCUT2D eigenvalue weighted by Gasteiger charge is -2.28. The highest BCUT2D eigenvalue weighted by Crippen LogP contribution is 2.37. The number of hydrogen-bond donors (Lipinski definition) is 2. The summed E-state index contributed by atoms with van der Waals surface area (Å²) in [6.45, 7) is 0. The van der Waals surface area contributed by atoms with E-state index in [0.29, 0.717) is 24.1 Å². The summed E-state index contributed by atoms with van der Waals surface area (Å²) in [5, 5.41) is 18.4. The van der Waals surface area contributed by atoms with Gasteiger partial charge in [-0.25, -0.2) is 4.98 Å². The third kappa shape index (κ3) is 5.20. The van der Waals surface area contributed by atoms with Gasteiger partial charge in [-0.05, 0) is 66.7 Å². The van der Waals surface area contributed by atoms with Crippen LogP contribution in [0.5, 0.6) is 0 Å². The van der Waals surface area contributed by atoms with Gasteiger partial charge in [0.05, 0.1) is 5.69 Å². The minimum Gasteiger partial charge on any atom is -0.481 e. The van der Waals surface area contributed by atoms with Crippen molar-refractivity contribution in [1.82, 2.24) is 20.2 Å². The molecule has 2 N–H and O–H groups in total. The Morgan fingerprint density at radius 1 is 1.03 bits per heavy atom. The molecule has 1 aliphatic carbocycles. The molecule has 0 bridgehead atoms. The van der Waals surface area contributed by atoms with Gasteiger partial charge in [0.15, 0.2) is 5.82 Å². The number of benzene rings is 1. The molecule has 7 heteroatoms. The molecular formula is C26H26N4O2S. The molecule has 1 aromatic carbocycles. The molecule has 0 radical (unpaired) electrons. The summed E-state index contributed by atoms with van der Waals surface area (Å²) in [5.41, 5.74) is 4.23. The van der Waals surface area contributed by atoms with Gasteiger partial charge < -0.3 is 5.11 Å². The second-order valence-electron chi connectivity index (χ2n) is 8.73. The number of pyridine rings is 1. The van der Waals surface area contributed by atoms with Crippen LogP contribution in [0.3, 0.4) is 0 Å². The van der Waals surface area contributed by atoms with Crippen molar-refractivity contribution in [1.29, 1.82) is 0 Å². The molecule has 4 aromatic rings. The first-order valence-corrected chi connectivity index (χ1v) is 12.2. The van der Waals surface area contributed by atoms with Crippen molar-refractivity contribution in [3.63, 3.8) is 0 Å². The number of nitrogens with one attached hydrogen (secondary N) is 1. The maximum atomic E-state index is 10.9. The molecule has 168 valence electrons. The molecule has 3 aromatic heterocycles. The third-order valence-corrected chi connectivity index (χ3v) is 7.34. The van der Waals surface area contributed by atoms with Crippen LogP contribution in [-0.2, 0) is 11.2 Å². The van der Waals surface area contributed by atoms with Crippen molar-refractivity contribution in [3.05, 3.63) is 76.4 Å². The standard InChI is InChI=1S/C26H26N4O2S/c31-25(32)14-17-3-5-18(6-4-17)19-7-9-20(10-8-19)23-12-11-21(16-27-23)26-28-24(29-30-26)15-22-2-1-13-33-22/h1-2,7-13,16-18H,3-6,14-15H2,(H,31,32)(H,28,29,30). The largest absolute Gasteiger partial charge is 0.481 e. The van der Waals surface area contributed by atoms with Crippen molar-refractivity contribution in [3.8, 4) is 22.6 Å². The maximum Gasteiger partial charge on any atom is 0.303 e. The molecular weight excluding hydrogens is 432 g/mol. The zero-order valence-corrected chi connectivity index (χ0v) is 19.1. The molecule has 1 saturated carbocycles.